The zero-order valence-electron chi connectivity index (χ0n) is 26.4. The molecule has 0 aliphatic heterocycles. The molecule has 2 aromatic carbocycles. The van der Waals surface area contributed by atoms with Crippen LogP contribution >= 0.6 is 0 Å². The van der Waals surface area contributed by atoms with Crippen molar-refractivity contribution in [1.29, 1.82) is 0 Å². The number of nitrogens with zero attached hydrogens (tertiary/aromatic N) is 3. The molecule has 0 atom stereocenters. The molecule has 0 aliphatic rings. The molecule has 0 aliphatic carbocycles. The predicted molar refractivity (Wildman–Crippen MR) is 170 cm³/mol. The molecule has 40 heavy (non-hydrogen) atoms. The molecule has 0 spiro atoms. The second-order valence-electron chi connectivity index (χ2n) is 14.8. The van der Waals surface area contributed by atoms with Gasteiger partial charge in [-0.15, -0.1) is 0 Å². The topological polar surface area (TPSA) is 78.1 Å². The van der Waals surface area contributed by atoms with Crippen molar-refractivity contribution in [2.75, 3.05) is 0 Å². The lowest BCUT2D eigenvalue weighted by Gasteiger charge is -2.27. The highest BCUT2D eigenvalue weighted by atomic mass is 16.3. The van der Waals surface area contributed by atoms with Crippen LogP contribution in [0.1, 0.15) is 116 Å². The Labute approximate surface area is 241 Å². The van der Waals surface area contributed by atoms with Crippen molar-refractivity contribution in [3.8, 4) is 11.5 Å². The maximum Gasteiger partial charge on any atom is 0.128 e. The first-order chi connectivity index (χ1) is 18.2. The first-order valence-electron chi connectivity index (χ1n) is 14.0. The summed E-state index contributed by atoms with van der Waals surface area (Å²) in [7, 11) is 0. The molecule has 0 radical (unpaired) electrons. The molecule has 3 aromatic rings. The van der Waals surface area contributed by atoms with Gasteiger partial charge in [-0.05, 0) is 51.0 Å². The van der Waals surface area contributed by atoms with Crippen LogP contribution in [0.3, 0.4) is 0 Å². The number of hydrogen-bond donors (Lipinski definition) is 2. The van der Waals surface area contributed by atoms with Crippen molar-refractivity contribution in [2.24, 2.45) is 9.98 Å². The molecular formula is C35H47N3O2. The average molecular weight is 542 g/mol. The Hall–Kier alpha value is -3.47. The predicted octanol–water partition coefficient (Wildman–Crippen LogP) is 9.18. The number of pyridine rings is 1. The fraction of sp³-hybridized carbons (Fsp3) is 0.457. The summed E-state index contributed by atoms with van der Waals surface area (Å²) >= 11 is 0. The minimum Gasteiger partial charge on any atom is -0.507 e. The molecule has 0 saturated heterocycles. The molecule has 0 fully saturated rings. The summed E-state index contributed by atoms with van der Waals surface area (Å²) < 4.78 is 0. The van der Waals surface area contributed by atoms with Gasteiger partial charge in [-0.3, -0.25) is 15.0 Å². The number of hydrogen-bond acceptors (Lipinski definition) is 5. The summed E-state index contributed by atoms with van der Waals surface area (Å²) in [6.45, 7) is 25.6. The molecule has 1 heterocycles. The number of rotatable bonds is 4. The Morgan fingerprint density at radius 3 is 1.35 bits per heavy atom. The normalized spacial score (nSPS) is 13.5. The first kappa shape index (κ1) is 31.1. The Morgan fingerprint density at radius 1 is 0.575 bits per heavy atom. The van der Waals surface area contributed by atoms with Gasteiger partial charge >= 0.3 is 0 Å². The fourth-order valence-corrected chi connectivity index (χ4v) is 4.39. The van der Waals surface area contributed by atoms with E-state index in [0.717, 1.165) is 22.3 Å². The van der Waals surface area contributed by atoms with Gasteiger partial charge in [0.15, 0.2) is 0 Å². The van der Waals surface area contributed by atoms with Gasteiger partial charge in [-0.25, -0.2) is 0 Å². The summed E-state index contributed by atoms with van der Waals surface area (Å²) in [6.07, 6.45) is 6.71. The first-order valence-corrected chi connectivity index (χ1v) is 14.0. The highest BCUT2D eigenvalue weighted by molar-refractivity contribution is 5.90. The van der Waals surface area contributed by atoms with E-state index in [2.05, 4.69) is 100 Å². The van der Waals surface area contributed by atoms with Gasteiger partial charge in [0.25, 0.3) is 0 Å². The smallest absolute Gasteiger partial charge is 0.128 e. The molecule has 5 heteroatoms. The molecule has 1 aromatic heterocycles. The summed E-state index contributed by atoms with van der Waals surface area (Å²) in [5.41, 5.74) is 5.91. The Morgan fingerprint density at radius 2 is 0.975 bits per heavy atom. The molecule has 3 rings (SSSR count). The largest absolute Gasteiger partial charge is 0.507 e. The summed E-state index contributed by atoms with van der Waals surface area (Å²) in [6, 6.07) is 9.99. The van der Waals surface area contributed by atoms with Crippen LogP contribution in [0.5, 0.6) is 11.5 Å². The maximum atomic E-state index is 11.2. The zero-order chi connectivity index (χ0) is 30.3. The Kier molecular flexibility index (Phi) is 8.41. The molecule has 0 amide bonds. The molecule has 214 valence electrons. The molecule has 2 N–H and O–H groups in total. The second-order valence-corrected chi connectivity index (χ2v) is 14.8. The van der Waals surface area contributed by atoms with Crippen LogP contribution in [0.4, 0.5) is 11.4 Å². The van der Waals surface area contributed by atoms with Crippen LogP contribution in [-0.2, 0) is 21.7 Å². The van der Waals surface area contributed by atoms with Crippen molar-refractivity contribution >= 4 is 23.8 Å². The Balaban J connectivity index is 2.10. The van der Waals surface area contributed by atoms with Gasteiger partial charge in [-0.1, -0.05) is 95.2 Å². The molecule has 0 bridgehead atoms. The van der Waals surface area contributed by atoms with E-state index >= 15 is 0 Å². The van der Waals surface area contributed by atoms with Gasteiger partial charge in [-0.2, -0.15) is 0 Å². The van der Waals surface area contributed by atoms with Crippen molar-refractivity contribution in [3.05, 3.63) is 76.1 Å². The number of aromatic hydroxyl groups is 2. The quantitative estimate of drug-likeness (QED) is 0.323. The minimum absolute atomic E-state index is 0.0854. The third kappa shape index (κ3) is 7.18. The van der Waals surface area contributed by atoms with Crippen LogP contribution in [0.2, 0.25) is 0 Å². The van der Waals surface area contributed by atoms with E-state index in [1.807, 2.05) is 12.1 Å². The van der Waals surface area contributed by atoms with E-state index in [1.165, 1.54) is 0 Å². The van der Waals surface area contributed by atoms with Crippen LogP contribution in [0.25, 0.3) is 0 Å². The van der Waals surface area contributed by atoms with Gasteiger partial charge in [0.1, 0.15) is 17.2 Å². The third-order valence-electron chi connectivity index (χ3n) is 7.09. The zero-order valence-corrected chi connectivity index (χ0v) is 26.4. The third-order valence-corrected chi connectivity index (χ3v) is 7.09. The van der Waals surface area contributed by atoms with E-state index in [4.69, 9.17) is 9.98 Å². The number of phenolic OH excluding ortho intramolecular Hbond substituents is 2. The summed E-state index contributed by atoms with van der Waals surface area (Å²) in [4.78, 5) is 13.7. The monoisotopic (exact) mass is 541 g/mol. The molecule has 0 unspecified atom stereocenters. The molecular weight excluding hydrogens is 494 g/mol. The summed E-state index contributed by atoms with van der Waals surface area (Å²) in [5.74, 6) is 0.471. The van der Waals surface area contributed by atoms with Crippen molar-refractivity contribution < 1.29 is 10.2 Å². The number of aliphatic imine (C=N–C) groups is 2. The van der Waals surface area contributed by atoms with E-state index in [1.54, 1.807) is 30.9 Å². The SMILES string of the molecule is CC(C)(C)c1cc(C=Nc2ccncc2N=Cc2cc(C(C)(C)C)cc(C(C)(C)C)c2O)c(O)c(C(C)(C)C)c1. The number of aromatic nitrogens is 1. The highest BCUT2D eigenvalue weighted by Gasteiger charge is 2.26. The van der Waals surface area contributed by atoms with Crippen molar-refractivity contribution in [3.63, 3.8) is 0 Å². The van der Waals surface area contributed by atoms with Gasteiger partial charge in [0.2, 0.25) is 0 Å². The van der Waals surface area contributed by atoms with Gasteiger partial charge in [0, 0.05) is 40.9 Å². The molecule has 0 saturated carbocycles. The number of benzene rings is 2. The second kappa shape index (κ2) is 10.8. The van der Waals surface area contributed by atoms with E-state index in [-0.39, 0.29) is 33.2 Å². The average Bonchev–Trinajstić information content (AvgIpc) is 2.80. The lowest BCUT2D eigenvalue weighted by Crippen LogP contribution is -2.17. The van der Waals surface area contributed by atoms with Crippen LogP contribution in [0, 0.1) is 0 Å². The Bertz CT molecular complexity index is 1330. The fourth-order valence-electron chi connectivity index (χ4n) is 4.39. The van der Waals surface area contributed by atoms with Crippen molar-refractivity contribution in [1.82, 2.24) is 4.98 Å². The van der Waals surface area contributed by atoms with E-state index in [0.29, 0.717) is 22.5 Å². The van der Waals surface area contributed by atoms with E-state index < -0.39 is 0 Å². The van der Waals surface area contributed by atoms with Gasteiger partial charge in [0.05, 0.1) is 11.9 Å². The minimum atomic E-state index is -0.229. The standard InChI is InChI=1S/C35H47N3O2/c1-32(2,3)24-15-22(30(39)26(17-24)34(7,8)9)19-37-28-13-14-36-21-29(28)38-20-23-16-25(33(4,5)6)18-27(31(23)40)35(10,11)12/h13-21,39-40H,1-12H3. The van der Waals surface area contributed by atoms with E-state index in [9.17, 15) is 10.2 Å². The van der Waals surface area contributed by atoms with Crippen molar-refractivity contribution in [2.45, 2.75) is 105 Å². The molecule has 5 nitrogen and oxygen atoms in total. The van der Waals surface area contributed by atoms with Crippen LogP contribution in [0.15, 0.2) is 52.7 Å². The highest BCUT2D eigenvalue weighted by Crippen LogP contribution is 2.39. The lowest BCUT2D eigenvalue weighted by molar-refractivity contribution is 0.443. The summed E-state index contributed by atoms with van der Waals surface area (Å²) in [5, 5.41) is 22.3. The lowest BCUT2D eigenvalue weighted by atomic mass is 9.79. The number of phenols is 2. The maximum absolute atomic E-state index is 11.2. The van der Waals surface area contributed by atoms with Crippen LogP contribution in [-0.4, -0.2) is 27.6 Å². The van der Waals surface area contributed by atoms with Crippen LogP contribution < -0.4 is 0 Å². The van der Waals surface area contributed by atoms with Gasteiger partial charge < -0.3 is 10.2 Å².